The molecule has 0 aliphatic carbocycles. The van der Waals surface area contributed by atoms with E-state index < -0.39 is 9.85 Å². The van der Waals surface area contributed by atoms with E-state index in [9.17, 15) is 20.2 Å². The van der Waals surface area contributed by atoms with Crippen molar-refractivity contribution < 1.29 is 14.6 Å². The Morgan fingerprint density at radius 1 is 1.05 bits per heavy atom. The van der Waals surface area contributed by atoms with Crippen molar-refractivity contribution in [2.24, 2.45) is 0 Å². The van der Waals surface area contributed by atoms with Gasteiger partial charge in [-0.1, -0.05) is 12.1 Å². The van der Waals surface area contributed by atoms with Crippen LogP contribution in [-0.2, 0) is 6.54 Å². The van der Waals surface area contributed by atoms with E-state index in [-0.39, 0.29) is 17.1 Å². The Bertz CT molecular complexity index is 700. The van der Waals surface area contributed by atoms with E-state index >= 15 is 0 Å². The second-order valence-corrected chi connectivity index (χ2v) is 4.42. The van der Waals surface area contributed by atoms with Crippen molar-refractivity contribution in [1.29, 1.82) is 0 Å². The predicted octanol–water partition coefficient (Wildman–Crippen LogP) is 3.12. The van der Waals surface area contributed by atoms with E-state index in [1.165, 1.54) is 31.4 Å². The van der Waals surface area contributed by atoms with Gasteiger partial charge in [-0.05, 0) is 17.7 Å². The second-order valence-electron chi connectivity index (χ2n) is 4.42. The van der Waals surface area contributed by atoms with Gasteiger partial charge in [-0.15, -0.1) is 0 Å². The van der Waals surface area contributed by atoms with Crippen molar-refractivity contribution >= 4 is 17.1 Å². The molecule has 0 aliphatic heterocycles. The predicted molar refractivity (Wildman–Crippen MR) is 80.1 cm³/mol. The average Bonchev–Trinajstić information content (AvgIpc) is 2.53. The highest BCUT2D eigenvalue weighted by atomic mass is 16.6. The number of ether oxygens (including phenoxy) is 1. The zero-order chi connectivity index (χ0) is 16.1. The number of nitro benzene ring substituents is 2. The number of benzene rings is 2. The highest BCUT2D eigenvalue weighted by molar-refractivity contribution is 5.58. The summed E-state index contributed by atoms with van der Waals surface area (Å²) in [4.78, 5) is 20.5. The lowest BCUT2D eigenvalue weighted by atomic mass is 10.2. The number of hydrogen-bond donors (Lipinski definition) is 1. The number of rotatable bonds is 6. The van der Waals surface area contributed by atoms with Crippen LogP contribution in [0.3, 0.4) is 0 Å². The number of non-ortho nitro benzene ring substituents is 1. The maximum Gasteiger partial charge on any atom is 0.312 e. The quantitative estimate of drug-likeness (QED) is 0.648. The van der Waals surface area contributed by atoms with Gasteiger partial charge in [-0.3, -0.25) is 20.2 Å². The zero-order valence-electron chi connectivity index (χ0n) is 11.7. The summed E-state index contributed by atoms with van der Waals surface area (Å²) in [7, 11) is 1.37. The summed E-state index contributed by atoms with van der Waals surface area (Å²) in [6.07, 6.45) is 0. The van der Waals surface area contributed by atoms with Gasteiger partial charge in [0, 0.05) is 30.4 Å². The molecule has 2 aromatic carbocycles. The third-order valence-electron chi connectivity index (χ3n) is 3.02. The molecular formula is C14H13N3O5. The first kappa shape index (κ1) is 15.2. The molecular weight excluding hydrogens is 290 g/mol. The maximum atomic E-state index is 10.9. The lowest BCUT2D eigenvalue weighted by molar-refractivity contribution is -0.385. The molecule has 0 saturated carbocycles. The highest BCUT2D eigenvalue weighted by Gasteiger charge is 2.15. The summed E-state index contributed by atoms with van der Waals surface area (Å²) < 4.78 is 4.93. The third-order valence-corrected chi connectivity index (χ3v) is 3.02. The number of nitrogens with zero attached hydrogens (tertiary/aromatic N) is 2. The van der Waals surface area contributed by atoms with Gasteiger partial charge in [0.2, 0.25) is 0 Å². The van der Waals surface area contributed by atoms with Crippen LogP contribution in [0.25, 0.3) is 0 Å². The van der Waals surface area contributed by atoms with Crippen LogP contribution < -0.4 is 10.1 Å². The van der Waals surface area contributed by atoms with Gasteiger partial charge in [0.25, 0.3) is 5.69 Å². The minimum atomic E-state index is -0.518. The molecule has 0 bridgehead atoms. The van der Waals surface area contributed by atoms with Gasteiger partial charge in [0.15, 0.2) is 5.75 Å². The fraction of sp³-hybridized carbons (Fsp3) is 0.143. The summed E-state index contributed by atoms with van der Waals surface area (Å²) in [6, 6.07) is 10.6. The van der Waals surface area contributed by atoms with E-state index in [2.05, 4.69) is 5.32 Å². The summed E-state index contributed by atoms with van der Waals surface area (Å²) >= 11 is 0. The van der Waals surface area contributed by atoms with Crippen LogP contribution >= 0.6 is 0 Å². The zero-order valence-corrected chi connectivity index (χ0v) is 11.7. The van der Waals surface area contributed by atoms with E-state index in [0.717, 1.165) is 5.56 Å². The Morgan fingerprint density at radius 3 is 2.27 bits per heavy atom. The molecule has 0 saturated heterocycles. The number of anilines is 1. The van der Waals surface area contributed by atoms with Crippen LogP contribution in [0, 0.1) is 20.2 Å². The van der Waals surface area contributed by atoms with Crippen LogP contribution in [0.4, 0.5) is 17.1 Å². The van der Waals surface area contributed by atoms with Gasteiger partial charge in [-0.25, -0.2) is 0 Å². The minimum Gasteiger partial charge on any atom is -0.490 e. The van der Waals surface area contributed by atoms with E-state index in [4.69, 9.17) is 4.74 Å². The standard InChI is InChI=1S/C14H13N3O5/c1-22-14-7-4-11(8-13(14)17(20)21)15-9-10-2-5-12(6-3-10)16(18)19/h2-8,15H,9H2,1H3. The number of nitrogens with one attached hydrogen (secondary N) is 1. The van der Waals surface area contributed by atoms with E-state index in [1.54, 1.807) is 18.2 Å². The number of nitro groups is 2. The van der Waals surface area contributed by atoms with Gasteiger partial charge in [0.1, 0.15) is 0 Å². The Hall–Kier alpha value is -3.16. The van der Waals surface area contributed by atoms with Gasteiger partial charge < -0.3 is 10.1 Å². The van der Waals surface area contributed by atoms with Crippen molar-refractivity contribution in [3.05, 3.63) is 68.3 Å². The van der Waals surface area contributed by atoms with Crippen LogP contribution in [0.2, 0.25) is 0 Å². The van der Waals surface area contributed by atoms with Gasteiger partial charge >= 0.3 is 5.69 Å². The van der Waals surface area contributed by atoms with Crippen LogP contribution in [0.5, 0.6) is 5.75 Å². The third kappa shape index (κ3) is 3.48. The molecule has 0 atom stereocenters. The molecule has 8 heteroatoms. The Morgan fingerprint density at radius 2 is 1.73 bits per heavy atom. The smallest absolute Gasteiger partial charge is 0.312 e. The molecule has 0 fully saturated rings. The van der Waals surface area contributed by atoms with Crippen molar-refractivity contribution in [1.82, 2.24) is 0 Å². The summed E-state index contributed by atoms with van der Waals surface area (Å²) in [5.41, 5.74) is 1.27. The molecule has 0 aromatic heterocycles. The average molecular weight is 303 g/mol. The first-order chi connectivity index (χ1) is 10.5. The van der Waals surface area contributed by atoms with Gasteiger partial charge in [-0.2, -0.15) is 0 Å². The molecule has 0 radical (unpaired) electrons. The van der Waals surface area contributed by atoms with Crippen LogP contribution in [0.1, 0.15) is 5.56 Å². The highest BCUT2D eigenvalue weighted by Crippen LogP contribution is 2.29. The van der Waals surface area contributed by atoms with Crippen LogP contribution in [-0.4, -0.2) is 17.0 Å². The molecule has 8 nitrogen and oxygen atoms in total. The van der Waals surface area contributed by atoms with Crippen molar-refractivity contribution in [3.63, 3.8) is 0 Å². The summed E-state index contributed by atoms with van der Waals surface area (Å²) in [5.74, 6) is 0.186. The van der Waals surface area contributed by atoms with Gasteiger partial charge in [0.05, 0.1) is 17.0 Å². The first-order valence-corrected chi connectivity index (χ1v) is 6.31. The molecule has 1 N–H and O–H groups in total. The molecule has 2 rings (SSSR count). The Balaban J connectivity index is 2.09. The second kappa shape index (κ2) is 6.53. The number of hydrogen-bond acceptors (Lipinski definition) is 6. The SMILES string of the molecule is COc1ccc(NCc2ccc([N+](=O)[O-])cc2)cc1[N+](=O)[O-]. The summed E-state index contributed by atoms with van der Waals surface area (Å²) in [6.45, 7) is 0.390. The minimum absolute atomic E-state index is 0.0174. The molecule has 114 valence electrons. The van der Waals surface area contributed by atoms with E-state index in [0.29, 0.717) is 12.2 Å². The first-order valence-electron chi connectivity index (χ1n) is 6.31. The molecule has 0 amide bonds. The largest absolute Gasteiger partial charge is 0.490 e. The fourth-order valence-electron chi connectivity index (χ4n) is 1.88. The maximum absolute atomic E-state index is 10.9. The lowest BCUT2D eigenvalue weighted by Gasteiger charge is -2.08. The molecule has 0 unspecified atom stereocenters. The Labute approximate surface area is 125 Å². The van der Waals surface area contributed by atoms with Crippen molar-refractivity contribution in [2.45, 2.75) is 6.54 Å². The lowest BCUT2D eigenvalue weighted by Crippen LogP contribution is -2.01. The molecule has 22 heavy (non-hydrogen) atoms. The van der Waals surface area contributed by atoms with Crippen molar-refractivity contribution in [3.8, 4) is 5.75 Å². The van der Waals surface area contributed by atoms with Crippen molar-refractivity contribution in [2.75, 3.05) is 12.4 Å². The molecule has 0 heterocycles. The molecule has 2 aromatic rings. The monoisotopic (exact) mass is 303 g/mol. The van der Waals surface area contributed by atoms with Crippen LogP contribution in [0.15, 0.2) is 42.5 Å². The summed E-state index contributed by atoms with van der Waals surface area (Å²) in [5, 5.41) is 24.5. The normalized spacial score (nSPS) is 10.0. The Kier molecular flexibility index (Phi) is 4.52. The fourth-order valence-corrected chi connectivity index (χ4v) is 1.88. The topological polar surface area (TPSA) is 108 Å². The number of methoxy groups -OCH3 is 1. The molecule has 0 aliphatic rings. The molecule has 0 spiro atoms. The van der Waals surface area contributed by atoms with E-state index in [1.807, 2.05) is 0 Å².